The van der Waals surface area contributed by atoms with Crippen LogP contribution in [0.5, 0.6) is 0 Å². The van der Waals surface area contributed by atoms with Gasteiger partial charge in [-0.3, -0.25) is 4.79 Å². The summed E-state index contributed by atoms with van der Waals surface area (Å²) in [5, 5.41) is 14.8. The van der Waals surface area contributed by atoms with Gasteiger partial charge in [-0.05, 0) is 36.6 Å². The van der Waals surface area contributed by atoms with Crippen molar-refractivity contribution in [2.75, 3.05) is 11.1 Å². The van der Waals surface area contributed by atoms with Crippen molar-refractivity contribution in [2.45, 2.75) is 31.8 Å². The van der Waals surface area contributed by atoms with Gasteiger partial charge in [-0.1, -0.05) is 43.3 Å². The summed E-state index contributed by atoms with van der Waals surface area (Å²) in [6.07, 6.45) is 0. The van der Waals surface area contributed by atoms with Gasteiger partial charge in [-0.2, -0.15) is 0 Å². The molecule has 5 nitrogen and oxygen atoms in total. The van der Waals surface area contributed by atoms with Gasteiger partial charge in [-0.15, -0.1) is 21.5 Å². The SMILES string of the molecule is Cc1ccc(Cl)cc1NC(=O)CSc1nnc(-c2csc(C(C)C)c2)n1C. The number of nitrogens with one attached hydrogen (secondary N) is 1. The van der Waals surface area contributed by atoms with E-state index >= 15 is 0 Å². The van der Waals surface area contributed by atoms with Gasteiger partial charge in [0, 0.05) is 33.6 Å². The molecular formula is C19H21ClN4OS2. The highest BCUT2D eigenvalue weighted by Crippen LogP contribution is 2.30. The molecule has 0 saturated heterocycles. The zero-order valence-corrected chi connectivity index (χ0v) is 18.0. The third-order valence-electron chi connectivity index (χ3n) is 4.09. The van der Waals surface area contributed by atoms with Crippen LogP contribution < -0.4 is 5.32 Å². The van der Waals surface area contributed by atoms with Crippen LogP contribution in [0.15, 0.2) is 34.8 Å². The van der Waals surface area contributed by atoms with E-state index < -0.39 is 0 Å². The third-order valence-corrected chi connectivity index (χ3v) is 6.58. The maximum Gasteiger partial charge on any atom is 0.234 e. The van der Waals surface area contributed by atoms with Gasteiger partial charge >= 0.3 is 0 Å². The van der Waals surface area contributed by atoms with E-state index in [1.807, 2.05) is 24.6 Å². The van der Waals surface area contributed by atoms with Gasteiger partial charge < -0.3 is 9.88 Å². The van der Waals surface area contributed by atoms with E-state index in [0.717, 1.165) is 22.6 Å². The lowest BCUT2D eigenvalue weighted by Crippen LogP contribution is -2.15. The number of benzene rings is 1. The first-order valence-corrected chi connectivity index (χ1v) is 10.8. The second kappa shape index (κ2) is 8.46. The van der Waals surface area contributed by atoms with Crippen molar-refractivity contribution in [1.82, 2.24) is 14.8 Å². The number of nitrogens with zero attached hydrogens (tertiary/aromatic N) is 3. The predicted octanol–water partition coefficient (Wildman–Crippen LogP) is 5.36. The highest BCUT2D eigenvalue weighted by molar-refractivity contribution is 7.99. The Balaban J connectivity index is 1.65. The van der Waals surface area contributed by atoms with E-state index in [-0.39, 0.29) is 11.7 Å². The number of thiophene rings is 1. The minimum absolute atomic E-state index is 0.104. The van der Waals surface area contributed by atoms with Crippen molar-refractivity contribution in [2.24, 2.45) is 7.05 Å². The van der Waals surface area contributed by atoms with E-state index in [9.17, 15) is 4.79 Å². The number of hydrogen-bond acceptors (Lipinski definition) is 5. The third kappa shape index (κ3) is 4.72. The Bertz CT molecular complexity index is 965. The van der Waals surface area contributed by atoms with E-state index in [1.54, 1.807) is 23.5 Å². The first kappa shape index (κ1) is 19.9. The van der Waals surface area contributed by atoms with Gasteiger partial charge in [0.1, 0.15) is 0 Å². The second-order valence-electron chi connectivity index (χ2n) is 6.55. The maximum absolute atomic E-state index is 12.3. The number of anilines is 1. The topological polar surface area (TPSA) is 59.8 Å². The Morgan fingerprint density at radius 1 is 1.33 bits per heavy atom. The molecule has 0 bridgehead atoms. The average molecular weight is 421 g/mol. The molecule has 1 N–H and O–H groups in total. The first-order chi connectivity index (χ1) is 12.8. The highest BCUT2D eigenvalue weighted by Gasteiger charge is 2.15. The number of carbonyl (C=O) groups excluding carboxylic acids is 1. The van der Waals surface area contributed by atoms with Crippen LogP contribution in [0.25, 0.3) is 11.4 Å². The smallest absolute Gasteiger partial charge is 0.234 e. The fourth-order valence-corrected chi connectivity index (χ4v) is 4.30. The van der Waals surface area contributed by atoms with Crippen LogP contribution >= 0.6 is 34.7 Å². The lowest BCUT2D eigenvalue weighted by molar-refractivity contribution is -0.113. The fourth-order valence-electron chi connectivity index (χ4n) is 2.51. The molecule has 0 spiro atoms. The normalized spacial score (nSPS) is 11.2. The molecule has 2 heterocycles. The minimum atomic E-state index is -0.104. The molecule has 0 saturated carbocycles. The molecule has 0 aliphatic rings. The largest absolute Gasteiger partial charge is 0.325 e. The summed E-state index contributed by atoms with van der Waals surface area (Å²) >= 11 is 9.09. The van der Waals surface area contributed by atoms with Gasteiger partial charge in [0.05, 0.1) is 5.75 Å². The fraction of sp³-hybridized carbons (Fsp3) is 0.316. The lowest BCUT2D eigenvalue weighted by Gasteiger charge is -2.08. The van der Waals surface area contributed by atoms with Crippen LogP contribution in [-0.4, -0.2) is 26.4 Å². The first-order valence-electron chi connectivity index (χ1n) is 8.52. The molecule has 8 heteroatoms. The van der Waals surface area contributed by atoms with Gasteiger partial charge in [0.25, 0.3) is 0 Å². The molecule has 27 heavy (non-hydrogen) atoms. The van der Waals surface area contributed by atoms with E-state index in [4.69, 9.17) is 11.6 Å². The summed E-state index contributed by atoms with van der Waals surface area (Å²) in [6, 6.07) is 7.59. The molecule has 1 amide bonds. The zero-order valence-electron chi connectivity index (χ0n) is 15.6. The van der Waals surface area contributed by atoms with Crippen LogP contribution in [0.2, 0.25) is 5.02 Å². The van der Waals surface area contributed by atoms with Crippen molar-refractivity contribution in [3.05, 3.63) is 45.1 Å². The quantitative estimate of drug-likeness (QED) is 0.545. The second-order valence-corrected chi connectivity index (χ2v) is 8.88. The molecule has 0 fully saturated rings. The number of amides is 1. The molecule has 142 valence electrons. The van der Waals surface area contributed by atoms with Gasteiger partial charge in [-0.25, -0.2) is 0 Å². The number of halogens is 1. The van der Waals surface area contributed by atoms with Crippen molar-refractivity contribution in [3.8, 4) is 11.4 Å². The Labute approximate surface area is 172 Å². The van der Waals surface area contributed by atoms with Crippen molar-refractivity contribution < 1.29 is 4.79 Å². The maximum atomic E-state index is 12.3. The van der Waals surface area contributed by atoms with Gasteiger partial charge in [0.2, 0.25) is 5.91 Å². The van der Waals surface area contributed by atoms with E-state index in [0.29, 0.717) is 16.1 Å². The lowest BCUT2D eigenvalue weighted by atomic mass is 10.1. The Hall–Kier alpha value is -1.83. The Kier molecular flexibility index (Phi) is 6.24. The van der Waals surface area contributed by atoms with Crippen LogP contribution in [0.1, 0.15) is 30.2 Å². The number of carbonyl (C=O) groups is 1. The number of thioether (sulfide) groups is 1. The molecule has 0 aliphatic heterocycles. The molecule has 3 rings (SSSR count). The Morgan fingerprint density at radius 3 is 2.81 bits per heavy atom. The molecule has 0 atom stereocenters. The van der Waals surface area contributed by atoms with Crippen molar-refractivity contribution >= 4 is 46.3 Å². The molecular weight excluding hydrogens is 400 g/mol. The monoisotopic (exact) mass is 420 g/mol. The summed E-state index contributed by atoms with van der Waals surface area (Å²) in [6.45, 7) is 6.28. The summed E-state index contributed by atoms with van der Waals surface area (Å²) in [4.78, 5) is 13.6. The van der Waals surface area contributed by atoms with Crippen molar-refractivity contribution in [1.29, 1.82) is 0 Å². The minimum Gasteiger partial charge on any atom is -0.325 e. The molecule has 0 unspecified atom stereocenters. The molecule has 1 aromatic carbocycles. The van der Waals surface area contributed by atoms with Crippen LogP contribution in [0, 0.1) is 6.92 Å². The predicted molar refractivity (Wildman–Crippen MR) is 114 cm³/mol. The molecule has 0 radical (unpaired) electrons. The van der Waals surface area contributed by atoms with Crippen molar-refractivity contribution in [3.63, 3.8) is 0 Å². The van der Waals surface area contributed by atoms with E-state index in [2.05, 4.69) is 40.8 Å². The standard InChI is InChI=1S/C19H21ClN4OS2/c1-11(2)16-7-13(9-26-16)18-22-23-19(24(18)4)27-10-17(25)21-15-8-14(20)6-5-12(15)3/h5-9,11H,10H2,1-4H3,(H,21,25). The molecule has 3 aromatic rings. The highest BCUT2D eigenvalue weighted by atomic mass is 35.5. The number of rotatable bonds is 6. The number of hydrogen-bond donors (Lipinski definition) is 1. The van der Waals surface area contributed by atoms with E-state index in [1.165, 1.54) is 16.6 Å². The Morgan fingerprint density at radius 2 is 2.11 bits per heavy atom. The van der Waals surface area contributed by atoms with Crippen LogP contribution in [-0.2, 0) is 11.8 Å². The summed E-state index contributed by atoms with van der Waals surface area (Å²) in [7, 11) is 1.92. The molecule has 2 aromatic heterocycles. The van der Waals surface area contributed by atoms with Crippen LogP contribution in [0.4, 0.5) is 5.69 Å². The summed E-state index contributed by atoms with van der Waals surface area (Å²) < 4.78 is 1.93. The van der Waals surface area contributed by atoms with Gasteiger partial charge in [0.15, 0.2) is 11.0 Å². The number of aromatic nitrogens is 3. The molecule has 0 aliphatic carbocycles. The number of aryl methyl sites for hydroxylation is 1. The zero-order chi connectivity index (χ0) is 19.6. The average Bonchev–Trinajstić information content (AvgIpc) is 3.23. The summed E-state index contributed by atoms with van der Waals surface area (Å²) in [5.41, 5.74) is 2.76. The summed E-state index contributed by atoms with van der Waals surface area (Å²) in [5.74, 6) is 1.45. The van der Waals surface area contributed by atoms with Crippen LogP contribution in [0.3, 0.4) is 0 Å².